The molecular weight excluding hydrogens is 389 g/mol. The molecule has 1 aromatic heterocycles. The molecule has 0 bridgehead atoms. The summed E-state index contributed by atoms with van der Waals surface area (Å²) in [5.74, 6) is -0.623. The molecule has 30 heavy (non-hydrogen) atoms. The highest BCUT2D eigenvalue weighted by atomic mass is 19.1. The van der Waals surface area contributed by atoms with Gasteiger partial charge in [-0.25, -0.2) is 9.87 Å². The Labute approximate surface area is 171 Å². The fourth-order valence-electron chi connectivity index (χ4n) is 3.51. The number of nitrogens with zero attached hydrogens (tertiary/aromatic N) is 1. The van der Waals surface area contributed by atoms with Crippen LogP contribution >= 0.6 is 0 Å². The lowest BCUT2D eigenvalue weighted by Gasteiger charge is -2.26. The molecule has 0 atom stereocenters. The third-order valence-electron chi connectivity index (χ3n) is 5.08. The zero-order valence-corrected chi connectivity index (χ0v) is 16.0. The Morgan fingerprint density at radius 1 is 1.20 bits per heavy atom. The molecule has 3 aromatic rings. The Bertz CT molecular complexity index is 1120. The molecule has 2 aromatic carbocycles. The van der Waals surface area contributed by atoms with Crippen LogP contribution in [0.3, 0.4) is 0 Å². The van der Waals surface area contributed by atoms with E-state index >= 15 is 0 Å². The summed E-state index contributed by atoms with van der Waals surface area (Å²) in [6.45, 7) is 0.702. The number of aromatic amines is 1. The molecule has 0 saturated carbocycles. The molecule has 8 heteroatoms. The first-order valence-electron chi connectivity index (χ1n) is 9.46. The van der Waals surface area contributed by atoms with Crippen LogP contribution in [-0.4, -0.2) is 46.6 Å². The zero-order valence-electron chi connectivity index (χ0n) is 16.0. The van der Waals surface area contributed by atoms with E-state index in [0.717, 1.165) is 22.0 Å². The van der Waals surface area contributed by atoms with Gasteiger partial charge in [0.15, 0.2) is 6.61 Å². The third-order valence-corrected chi connectivity index (χ3v) is 5.08. The van der Waals surface area contributed by atoms with Gasteiger partial charge in [-0.3, -0.25) is 14.8 Å². The highest BCUT2D eigenvalue weighted by Crippen LogP contribution is 2.30. The quantitative estimate of drug-likeness (QED) is 0.446. The van der Waals surface area contributed by atoms with E-state index in [1.807, 2.05) is 12.3 Å². The predicted molar refractivity (Wildman–Crippen MR) is 109 cm³/mol. The number of nitrogens with one attached hydrogen (secondary N) is 2. The first kappa shape index (κ1) is 19.7. The number of aromatic nitrogens is 1. The van der Waals surface area contributed by atoms with Crippen LogP contribution in [0, 0.1) is 5.82 Å². The lowest BCUT2D eigenvalue weighted by Crippen LogP contribution is -2.34. The van der Waals surface area contributed by atoms with Crippen molar-refractivity contribution < 1.29 is 23.9 Å². The Morgan fingerprint density at radius 3 is 2.70 bits per heavy atom. The molecule has 4 rings (SSSR count). The monoisotopic (exact) mass is 409 g/mol. The first-order chi connectivity index (χ1) is 14.5. The van der Waals surface area contributed by atoms with Crippen molar-refractivity contribution in [2.45, 2.75) is 6.42 Å². The number of rotatable bonds is 5. The molecule has 0 fully saturated rings. The number of hydrogen-bond acceptors (Lipinski definition) is 4. The van der Waals surface area contributed by atoms with Crippen LogP contribution in [0.2, 0.25) is 0 Å². The fraction of sp³-hybridized carbons (Fsp3) is 0.182. The molecule has 2 heterocycles. The highest BCUT2D eigenvalue weighted by Gasteiger charge is 2.21. The summed E-state index contributed by atoms with van der Waals surface area (Å²) in [6, 6.07) is 11.1. The van der Waals surface area contributed by atoms with E-state index in [1.165, 1.54) is 17.6 Å². The van der Waals surface area contributed by atoms with E-state index in [0.29, 0.717) is 30.8 Å². The number of H-pyrrole nitrogens is 1. The fourth-order valence-corrected chi connectivity index (χ4v) is 3.51. The minimum atomic E-state index is -0.663. The summed E-state index contributed by atoms with van der Waals surface area (Å²) < 4.78 is 18.8. The van der Waals surface area contributed by atoms with E-state index < -0.39 is 5.91 Å². The molecule has 154 valence electrons. The highest BCUT2D eigenvalue weighted by molar-refractivity contribution is 5.96. The molecule has 0 radical (unpaired) electrons. The molecule has 0 saturated heterocycles. The number of ether oxygens (including phenoxy) is 1. The second-order valence-electron chi connectivity index (χ2n) is 6.97. The number of fused-ring (bicyclic) bond motifs is 1. The van der Waals surface area contributed by atoms with Crippen molar-refractivity contribution >= 4 is 28.3 Å². The number of carbonyl (C=O) groups is 2. The molecule has 1 aliphatic heterocycles. The number of hydroxylamine groups is 1. The summed E-state index contributed by atoms with van der Waals surface area (Å²) >= 11 is 0. The topological polar surface area (TPSA) is 94.7 Å². The second kappa shape index (κ2) is 8.38. The largest absolute Gasteiger partial charge is 0.484 e. The summed E-state index contributed by atoms with van der Waals surface area (Å²) in [5.41, 5.74) is 4.92. The van der Waals surface area contributed by atoms with Gasteiger partial charge >= 0.3 is 0 Å². The van der Waals surface area contributed by atoms with Crippen molar-refractivity contribution in [2.75, 3.05) is 19.7 Å². The predicted octanol–water partition coefficient (Wildman–Crippen LogP) is 3.12. The SMILES string of the molecule is O=C(COc1ccc(C(=O)N2CC=C(c3c[nH]c4ccc(F)cc34)CC2)cc1)NO. The Morgan fingerprint density at radius 2 is 2.00 bits per heavy atom. The number of halogens is 1. The van der Waals surface area contributed by atoms with Crippen LogP contribution in [0.5, 0.6) is 5.75 Å². The normalized spacial score (nSPS) is 13.8. The van der Waals surface area contributed by atoms with Gasteiger partial charge in [-0.05, 0) is 54.5 Å². The minimum absolute atomic E-state index is 0.102. The Kier molecular flexibility index (Phi) is 5.49. The molecule has 1 aliphatic rings. The number of carbonyl (C=O) groups excluding carboxylic acids is 2. The van der Waals surface area contributed by atoms with Crippen LogP contribution in [0.25, 0.3) is 16.5 Å². The number of hydrogen-bond donors (Lipinski definition) is 3. The van der Waals surface area contributed by atoms with Crippen molar-refractivity contribution in [1.29, 1.82) is 0 Å². The van der Waals surface area contributed by atoms with Gasteiger partial charge in [-0.1, -0.05) is 6.08 Å². The van der Waals surface area contributed by atoms with Gasteiger partial charge in [0.1, 0.15) is 11.6 Å². The second-order valence-corrected chi connectivity index (χ2v) is 6.97. The van der Waals surface area contributed by atoms with Crippen LogP contribution in [0.15, 0.2) is 54.7 Å². The van der Waals surface area contributed by atoms with E-state index in [9.17, 15) is 14.0 Å². The van der Waals surface area contributed by atoms with Crippen LogP contribution < -0.4 is 10.2 Å². The Balaban J connectivity index is 1.43. The lowest BCUT2D eigenvalue weighted by atomic mass is 9.98. The molecule has 0 unspecified atom stereocenters. The van der Waals surface area contributed by atoms with Gasteiger partial charge in [0.05, 0.1) is 0 Å². The maximum atomic E-state index is 13.6. The van der Waals surface area contributed by atoms with E-state index in [-0.39, 0.29) is 18.3 Å². The number of benzene rings is 2. The average Bonchev–Trinajstić information content (AvgIpc) is 3.20. The van der Waals surface area contributed by atoms with Crippen LogP contribution in [0.4, 0.5) is 4.39 Å². The Hall–Kier alpha value is -3.65. The third kappa shape index (κ3) is 4.04. The molecule has 0 spiro atoms. The maximum Gasteiger partial charge on any atom is 0.281 e. The molecule has 0 aliphatic carbocycles. The number of amides is 2. The van der Waals surface area contributed by atoms with E-state index in [2.05, 4.69) is 4.98 Å². The van der Waals surface area contributed by atoms with Gasteiger partial charge in [0.25, 0.3) is 11.8 Å². The standard InChI is InChI=1S/C22H20FN3O4/c23-16-3-6-20-18(11-16)19(12-24-20)14-7-9-26(10-8-14)22(28)15-1-4-17(5-2-15)30-13-21(27)25-29/h1-7,11-12,24,29H,8-10,13H2,(H,25,27). The summed E-state index contributed by atoms with van der Waals surface area (Å²) in [6.07, 6.45) is 4.55. The van der Waals surface area contributed by atoms with Crippen LogP contribution in [0.1, 0.15) is 22.3 Å². The minimum Gasteiger partial charge on any atom is -0.484 e. The molecule has 2 amide bonds. The van der Waals surface area contributed by atoms with Crippen molar-refractivity contribution in [2.24, 2.45) is 0 Å². The van der Waals surface area contributed by atoms with E-state index in [4.69, 9.17) is 9.94 Å². The molecular formula is C22H20FN3O4. The van der Waals surface area contributed by atoms with Crippen molar-refractivity contribution in [3.63, 3.8) is 0 Å². The van der Waals surface area contributed by atoms with Crippen molar-refractivity contribution in [3.05, 3.63) is 71.7 Å². The lowest BCUT2D eigenvalue weighted by molar-refractivity contribution is -0.131. The van der Waals surface area contributed by atoms with Gasteiger partial charge in [-0.2, -0.15) is 0 Å². The summed E-state index contributed by atoms with van der Waals surface area (Å²) in [7, 11) is 0. The summed E-state index contributed by atoms with van der Waals surface area (Å²) in [5, 5.41) is 9.30. The van der Waals surface area contributed by atoms with Gasteiger partial charge < -0.3 is 14.6 Å². The van der Waals surface area contributed by atoms with Gasteiger partial charge in [0.2, 0.25) is 0 Å². The first-order valence-corrected chi connectivity index (χ1v) is 9.46. The molecule has 7 nitrogen and oxygen atoms in total. The van der Waals surface area contributed by atoms with E-state index in [1.54, 1.807) is 35.2 Å². The average molecular weight is 409 g/mol. The van der Waals surface area contributed by atoms with Crippen molar-refractivity contribution in [3.8, 4) is 5.75 Å². The summed E-state index contributed by atoms with van der Waals surface area (Å²) in [4.78, 5) is 28.7. The smallest absolute Gasteiger partial charge is 0.281 e. The van der Waals surface area contributed by atoms with Crippen molar-refractivity contribution in [1.82, 2.24) is 15.4 Å². The van der Waals surface area contributed by atoms with Crippen LogP contribution in [-0.2, 0) is 4.79 Å². The van der Waals surface area contributed by atoms with Gasteiger partial charge in [0, 0.05) is 41.3 Å². The zero-order chi connectivity index (χ0) is 21.1. The van der Waals surface area contributed by atoms with Gasteiger partial charge in [-0.15, -0.1) is 0 Å². The maximum absolute atomic E-state index is 13.6. The molecule has 3 N–H and O–H groups in total.